The highest BCUT2D eigenvalue weighted by atomic mass is 16.6. The molecule has 0 bridgehead atoms. The molecule has 1 aromatic carbocycles. The van der Waals surface area contributed by atoms with E-state index >= 15 is 0 Å². The quantitative estimate of drug-likeness (QED) is 0.873. The van der Waals surface area contributed by atoms with Crippen LogP contribution in [-0.4, -0.2) is 59.7 Å². The molecule has 3 rings (SSSR count). The normalized spacial score (nSPS) is 14.0. The zero-order valence-electron chi connectivity index (χ0n) is 16.4. The van der Waals surface area contributed by atoms with E-state index in [2.05, 4.69) is 15.3 Å². The van der Waals surface area contributed by atoms with Gasteiger partial charge in [-0.15, -0.1) is 0 Å². The molecule has 1 aliphatic heterocycles. The summed E-state index contributed by atoms with van der Waals surface area (Å²) in [7, 11) is 0. The van der Waals surface area contributed by atoms with Gasteiger partial charge in [0, 0.05) is 31.9 Å². The highest BCUT2D eigenvalue weighted by Gasteiger charge is 2.23. The van der Waals surface area contributed by atoms with Crippen molar-refractivity contribution in [1.29, 1.82) is 0 Å². The van der Waals surface area contributed by atoms with E-state index in [4.69, 9.17) is 4.74 Å². The van der Waals surface area contributed by atoms with Crippen LogP contribution in [0.2, 0.25) is 0 Å². The zero-order valence-corrected chi connectivity index (χ0v) is 16.4. The number of amides is 2. The molecule has 0 unspecified atom stereocenters. The van der Waals surface area contributed by atoms with E-state index in [1.165, 1.54) is 11.8 Å². The van der Waals surface area contributed by atoms with Crippen LogP contribution in [-0.2, 0) is 4.74 Å². The van der Waals surface area contributed by atoms with Crippen molar-refractivity contribution in [2.45, 2.75) is 20.8 Å². The molecule has 1 aromatic heterocycles. The summed E-state index contributed by atoms with van der Waals surface area (Å²) in [5.74, 6) is 0.390. The first-order valence-corrected chi connectivity index (χ1v) is 9.35. The van der Waals surface area contributed by atoms with Crippen LogP contribution in [0, 0.1) is 13.8 Å². The van der Waals surface area contributed by atoms with Crippen molar-refractivity contribution in [2.24, 2.45) is 0 Å². The summed E-state index contributed by atoms with van der Waals surface area (Å²) in [6.07, 6.45) is 2.78. The van der Waals surface area contributed by atoms with E-state index in [1.54, 1.807) is 18.0 Å². The number of benzene rings is 1. The molecule has 1 fully saturated rings. The molecule has 0 spiro atoms. The van der Waals surface area contributed by atoms with Gasteiger partial charge in [0.1, 0.15) is 11.5 Å². The third kappa shape index (κ3) is 4.57. The largest absolute Gasteiger partial charge is 0.450 e. The maximum Gasteiger partial charge on any atom is 0.409 e. The number of carbonyl (C=O) groups excluding carboxylic acids is 2. The SMILES string of the molecule is CCOC(=O)N1CCN(c2cnc(C(=O)Nc3ccc(C)c(C)c3)cn2)CC1. The molecule has 0 radical (unpaired) electrons. The minimum Gasteiger partial charge on any atom is -0.450 e. The molecule has 0 saturated carbocycles. The number of carbonyl (C=O) groups is 2. The van der Waals surface area contributed by atoms with Gasteiger partial charge in [-0.3, -0.25) is 4.79 Å². The Kier molecular flexibility index (Phi) is 6.08. The lowest BCUT2D eigenvalue weighted by atomic mass is 10.1. The van der Waals surface area contributed by atoms with Gasteiger partial charge in [0.05, 0.1) is 19.0 Å². The Labute approximate surface area is 164 Å². The number of rotatable bonds is 4. The molecule has 8 nitrogen and oxygen atoms in total. The van der Waals surface area contributed by atoms with Crippen molar-refractivity contribution in [3.8, 4) is 0 Å². The fourth-order valence-corrected chi connectivity index (χ4v) is 2.95. The fraction of sp³-hybridized carbons (Fsp3) is 0.400. The standard InChI is InChI=1S/C20H25N5O3/c1-4-28-20(27)25-9-7-24(8-10-25)18-13-21-17(12-22-18)19(26)23-16-6-5-14(2)15(3)11-16/h5-6,11-13H,4,7-10H2,1-3H3,(H,23,26). The number of ether oxygens (including phenoxy) is 1. The summed E-state index contributed by atoms with van der Waals surface area (Å²) in [5, 5.41) is 2.84. The molecule has 148 valence electrons. The summed E-state index contributed by atoms with van der Waals surface area (Å²) in [6, 6.07) is 5.76. The van der Waals surface area contributed by atoms with Crippen molar-refractivity contribution in [3.05, 3.63) is 47.4 Å². The predicted molar refractivity (Wildman–Crippen MR) is 107 cm³/mol. The first-order chi connectivity index (χ1) is 13.5. The first kappa shape index (κ1) is 19.6. The van der Waals surface area contributed by atoms with Crippen LogP contribution in [0.3, 0.4) is 0 Å². The lowest BCUT2D eigenvalue weighted by Crippen LogP contribution is -2.49. The molecule has 1 saturated heterocycles. The van der Waals surface area contributed by atoms with Crippen LogP contribution < -0.4 is 10.2 Å². The van der Waals surface area contributed by atoms with Crippen molar-refractivity contribution < 1.29 is 14.3 Å². The highest BCUT2D eigenvalue weighted by molar-refractivity contribution is 6.02. The van der Waals surface area contributed by atoms with Crippen LogP contribution in [0.4, 0.5) is 16.3 Å². The van der Waals surface area contributed by atoms with E-state index in [0.29, 0.717) is 38.6 Å². The third-order valence-electron chi connectivity index (χ3n) is 4.77. The maximum absolute atomic E-state index is 12.4. The number of aromatic nitrogens is 2. The molecule has 0 atom stereocenters. The average Bonchev–Trinajstić information content (AvgIpc) is 2.71. The Morgan fingerprint density at radius 2 is 1.82 bits per heavy atom. The molecule has 28 heavy (non-hydrogen) atoms. The molecule has 0 aliphatic carbocycles. The predicted octanol–water partition coefficient (Wildman–Crippen LogP) is 2.62. The van der Waals surface area contributed by atoms with Gasteiger partial charge in [-0.25, -0.2) is 14.8 Å². The van der Waals surface area contributed by atoms with Crippen LogP contribution >= 0.6 is 0 Å². The fourth-order valence-electron chi connectivity index (χ4n) is 2.95. The lowest BCUT2D eigenvalue weighted by Gasteiger charge is -2.34. The number of anilines is 2. The summed E-state index contributed by atoms with van der Waals surface area (Å²) < 4.78 is 5.02. The van der Waals surface area contributed by atoms with Crippen LogP contribution in [0.5, 0.6) is 0 Å². The van der Waals surface area contributed by atoms with E-state index in [-0.39, 0.29) is 17.7 Å². The molecular weight excluding hydrogens is 358 g/mol. The summed E-state index contributed by atoms with van der Waals surface area (Å²) in [5.41, 5.74) is 3.27. The minimum absolute atomic E-state index is 0.257. The van der Waals surface area contributed by atoms with Crippen molar-refractivity contribution in [3.63, 3.8) is 0 Å². The van der Waals surface area contributed by atoms with E-state index in [9.17, 15) is 9.59 Å². The van der Waals surface area contributed by atoms with Gasteiger partial charge in [-0.1, -0.05) is 6.07 Å². The summed E-state index contributed by atoms with van der Waals surface area (Å²) in [6.45, 7) is 8.60. The first-order valence-electron chi connectivity index (χ1n) is 9.35. The summed E-state index contributed by atoms with van der Waals surface area (Å²) >= 11 is 0. The summed E-state index contributed by atoms with van der Waals surface area (Å²) in [4.78, 5) is 36.5. The maximum atomic E-state index is 12.4. The Bertz CT molecular complexity index is 845. The van der Waals surface area contributed by atoms with Crippen molar-refractivity contribution in [1.82, 2.24) is 14.9 Å². The van der Waals surface area contributed by atoms with Crippen LogP contribution in [0.25, 0.3) is 0 Å². The molecule has 8 heteroatoms. The van der Waals surface area contributed by atoms with Crippen molar-refractivity contribution in [2.75, 3.05) is 43.0 Å². The van der Waals surface area contributed by atoms with E-state index in [1.807, 2.05) is 36.9 Å². The molecular formula is C20H25N5O3. The molecule has 1 N–H and O–H groups in total. The number of aryl methyl sites for hydroxylation is 2. The second-order valence-corrected chi connectivity index (χ2v) is 6.69. The highest BCUT2D eigenvalue weighted by Crippen LogP contribution is 2.16. The number of hydrogen-bond acceptors (Lipinski definition) is 6. The number of hydrogen-bond donors (Lipinski definition) is 1. The monoisotopic (exact) mass is 383 g/mol. The van der Waals surface area contributed by atoms with Gasteiger partial charge in [0.2, 0.25) is 0 Å². The average molecular weight is 383 g/mol. The molecule has 1 aliphatic rings. The topological polar surface area (TPSA) is 87.7 Å². The second-order valence-electron chi connectivity index (χ2n) is 6.69. The van der Waals surface area contributed by atoms with Gasteiger partial charge >= 0.3 is 6.09 Å². The van der Waals surface area contributed by atoms with Gasteiger partial charge in [-0.2, -0.15) is 0 Å². The third-order valence-corrected chi connectivity index (χ3v) is 4.77. The Hall–Kier alpha value is -3.16. The van der Waals surface area contributed by atoms with Gasteiger partial charge in [0.15, 0.2) is 0 Å². The Morgan fingerprint density at radius 3 is 2.43 bits per heavy atom. The van der Waals surface area contributed by atoms with Crippen molar-refractivity contribution >= 4 is 23.5 Å². The Morgan fingerprint density at radius 1 is 1.07 bits per heavy atom. The van der Waals surface area contributed by atoms with Gasteiger partial charge in [-0.05, 0) is 44.0 Å². The molecule has 2 heterocycles. The van der Waals surface area contributed by atoms with Crippen LogP contribution in [0.1, 0.15) is 28.5 Å². The smallest absolute Gasteiger partial charge is 0.409 e. The van der Waals surface area contributed by atoms with Gasteiger partial charge in [0.25, 0.3) is 5.91 Å². The number of nitrogens with one attached hydrogen (secondary N) is 1. The number of piperazine rings is 1. The number of nitrogens with zero attached hydrogens (tertiary/aromatic N) is 4. The van der Waals surface area contributed by atoms with Crippen LogP contribution in [0.15, 0.2) is 30.6 Å². The zero-order chi connectivity index (χ0) is 20.1. The van der Waals surface area contributed by atoms with E-state index in [0.717, 1.165) is 11.3 Å². The van der Waals surface area contributed by atoms with E-state index < -0.39 is 0 Å². The Balaban J connectivity index is 1.58. The molecule has 2 aromatic rings. The second kappa shape index (κ2) is 8.69. The molecule has 2 amide bonds. The van der Waals surface area contributed by atoms with Gasteiger partial charge < -0.3 is 19.9 Å². The lowest BCUT2D eigenvalue weighted by molar-refractivity contribution is 0.101. The minimum atomic E-state index is -0.297.